The molecule has 0 aromatic heterocycles. The molecular weight excluding hydrogens is 411 g/mol. The van der Waals surface area contributed by atoms with E-state index in [1.165, 1.54) is 0 Å². The fraction of sp³-hybridized carbons (Fsp3) is 0.0909. The Balaban J connectivity index is 1.55. The number of anilines is 2. The predicted octanol–water partition coefficient (Wildman–Crippen LogP) is 5.57. The van der Waals surface area contributed by atoms with Gasteiger partial charge in [-0.05, 0) is 61.0 Å². The van der Waals surface area contributed by atoms with Crippen molar-refractivity contribution in [2.24, 2.45) is 0 Å². The molecule has 3 aromatic carbocycles. The molecule has 0 radical (unpaired) electrons. The summed E-state index contributed by atoms with van der Waals surface area (Å²) in [6.45, 7) is 1.66. The van der Waals surface area contributed by atoms with Crippen LogP contribution < -0.4 is 15.4 Å². The Morgan fingerprint density at radius 3 is 2.21 bits per heavy atom. The lowest BCUT2D eigenvalue weighted by molar-refractivity contribution is -0.118. The van der Waals surface area contributed by atoms with Crippen LogP contribution in [0.1, 0.15) is 15.9 Å². The normalized spacial score (nSPS) is 10.3. The van der Waals surface area contributed by atoms with Crippen molar-refractivity contribution in [3.63, 3.8) is 0 Å². The maximum atomic E-state index is 12.3. The Morgan fingerprint density at radius 2 is 1.48 bits per heavy atom. The molecule has 3 aromatic rings. The van der Waals surface area contributed by atoms with Crippen molar-refractivity contribution in [2.45, 2.75) is 6.92 Å². The third kappa shape index (κ3) is 5.50. The molecule has 0 heterocycles. The summed E-state index contributed by atoms with van der Waals surface area (Å²) in [5, 5.41) is 6.54. The first-order valence-corrected chi connectivity index (χ1v) is 9.53. The molecule has 2 amide bonds. The van der Waals surface area contributed by atoms with Crippen LogP contribution in [0.4, 0.5) is 11.4 Å². The zero-order valence-electron chi connectivity index (χ0n) is 15.5. The number of halogens is 2. The van der Waals surface area contributed by atoms with Gasteiger partial charge in [0.2, 0.25) is 0 Å². The first-order chi connectivity index (χ1) is 13.9. The van der Waals surface area contributed by atoms with E-state index in [0.29, 0.717) is 32.7 Å². The SMILES string of the molecule is Cc1c(Cl)cccc1NC(=O)COc1ccc(C(=O)Nc2ccccc2Cl)cc1. The summed E-state index contributed by atoms with van der Waals surface area (Å²) < 4.78 is 5.48. The number of ether oxygens (including phenoxy) is 1. The Kier molecular flexibility index (Phi) is 6.75. The molecular formula is C22H18Cl2N2O3. The summed E-state index contributed by atoms with van der Waals surface area (Å²) >= 11 is 12.1. The number of carbonyl (C=O) groups is 2. The van der Waals surface area contributed by atoms with Gasteiger partial charge in [0.1, 0.15) is 5.75 Å². The molecule has 0 atom stereocenters. The highest BCUT2D eigenvalue weighted by atomic mass is 35.5. The number of nitrogens with one attached hydrogen (secondary N) is 2. The van der Waals surface area contributed by atoms with E-state index in [1.807, 2.05) is 6.92 Å². The molecule has 0 aliphatic carbocycles. The number of benzene rings is 3. The summed E-state index contributed by atoms with van der Waals surface area (Å²) in [6.07, 6.45) is 0. The fourth-order valence-electron chi connectivity index (χ4n) is 2.54. The molecule has 29 heavy (non-hydrogen) atoms. The molecule has 5 nitrogen and oxygen atoms in total. The Labute approximate surface area is 178 Å². The Morgan fingerprint density at radius 1 is 0.828 bits per heavy atom. The minimum absolute atomic E-state index is 0.170. The van der Waals surface area contributed by atoms with Gasteiger partial charge in [-0.2, -0.15) is 0 Å². The van der Waals surface area contributed by atoms with Gasteiger partial charge in [-0.15, -0.1) is 0 Å². The average Bonchev–Trinajstić information content (AvgIpc) is 2.72. The first kappa shape index (κ1) is 20.7. The van der Waals surface area contributed by atoms with Gasteiger partial charge in [0, 0.05) is 16.3 Å². The van der Waals surface area contributed by atoms with Gasteiger partial charge in [0.25, 0.3) is 11.8 Å². The third-order valence-electron chi connectivity index (χ3n) is 4.15. The molecule has 0 unspecified atom stereocenters. The van der Waals surface area contributed by atoms with E-state index in [0.717, 1.165) is 5.56 Å². The maximum absolute atomic E-state index is 12.3. The molecule has 3 rings (SSSR count). The van der Waals surface area contributed by atoms with E-state index >= 15 is 0 Å². The number of hydrogen-bond acceptors (Lipinski definition) is 3. The van der Waals surface area contributed by atoms with E-state index < -0.39 is 0 Å². The van der Waals surface area contributed by atoms with Crippen LogP contribution in [0.2, 0.25) is 10.0 Å². The van der Waals surface area contributed by atoms with Gasteiger partial charge in [0.05, 0.1) is 10.7 Å². The molecule has 0 bridgehead atoms. The monoisotopic (exact) mass is 428 g/mol. The van der Waals surface area contributed by atoms with Crippen LogP contribution in [-0.2, 0) is 4.79 Å². The van der Waals surface area contributed by atoms with Crippen molar-refractivity contribution >= 4 is 46.4 Å². The molecule has 0 spiro atoms. The van der Waals surface area contributed by atoms with Crippen LogP contribution in [0.5, 0.6) is 5.75 Å². The van der Waals surface area contributed by atoms with Gasteiger partial charge in [-0.1, -0.05) is 41.4 Å². The lowest BCUT2D eigenvalue weighted by atomic mass is 10.2. The molecule has 0 aliphatic heterocycles. The smallest absolute Gasteiger partial charge is 0.262 e. The van der Waals surface area contributed by atoms with E-state index in [9.17, 15) is 9.59 Å². The maximum Gasteiger partial charge on any atom is 0.262 e. The van der Waals surface area contributed by atoms with Crippen LogP contribution in [0, 0.1) is 6.92 Å². The lowest BCUT2D eigenvalue weighted by Crippen LogP contribution is -2.20. The van der Waals surface area contributed by atoms with Crippen LogP contribution >= 0.6 is 23.2 Å². The van der Waals surface area contributed by atoms with Crippen LogP contribution in [0.15, 0.2) is 66.7 Å². The van der Waals surface area contributed by atoms with Crippen molar-refractivity contribution in [3.05, 3.63) is 87.9 Å². The number of carbonyl (C=O) groups excluding carboxylic acids is 2. The first-order valence-electron chi connectivity index (χ1n) is 8.78. The van der Waals surface area contributed by atoms with Gasteiger partial charge in [0.15, 0.2) is 6.61 Å². The number of hydrogen-bond donors (Lipinski definition) is 2. The van der Waals surface area contributed by atoms with Gasteiger partial charge in [-0.25, -0.2) is 0 Å². The van der Waals surface area contributed by atoms with E-state index in [4.69, 9.17) is 27.9 Å². The Hall–Kier alpha value is -3.02. The van der Waals surface area contributed by atoms with Gasteiger partial charge in [-0.3, -0.25) is 9.59 Å². The van der Waals surface area contributed by atoms with Crippen LogP contribution in [0.25, 0.3) is 0 Å². The minimum Gasteiger partial charge on any atom is -0.484 e. The third-order valence-corrected chi connectivity index (χ3v) is 4.89. The summed E-state index contributed by atoms with van der Waals surface area (Å²) in [5.41, 5.74) is 2.40. The standard InChI is InChI=1S/C22H18Cl2N2O3/c1-14-17(23)6-4-8-19(14)25-21(27)13-29-16-11-9-15(10-12-16)22(28)26-20-7-3-2-5-18(20)24/h2-12H,13H2,1H3,(H,25,27)(H,26,28). The van der Waals surface area contributed by atoms with Crippen molar-refractivity contribution < 1.29 is 14.3 Å². The molecule has 0 fully saturated rings. The molecule has 7 heteroatoms. The quantitative estimate of drug-likeness (QED) is 0.538. The van der Waals surface area contributed by atoms with Crippen molar-refractivity contribution in [1.29, 1.82) is 0 Å². The second-order valence-electron chi connectivity index (χ2n) is 6.21. The van der Waals surface area contributed by atoms with Crippen LogP contribution in [0.3, 0.4) is 0 Å². The molecule has 148 valence electrons. The summed E-state index contributed by atoms with van der Waals surface area (Å²) in [4.78, 5) is 24.4. The highest BCUT2D eigenvalue weighted by Crippen LogP contribution is 2.23. The largest absolute Gasteiger partial charge is 0.484 e. The molecule has 0 saturated heterocycles. The zero-order valence-corrected chi connectivity index (χ0v) is 17.1. The molecule has 0 saturated carbocycles. The van der Waals surface area contributed by atoms with Crippen molar-refractivity contribution in [1.82, 2.24) is 0 Å². The second kappa shape index (κ2) is 9.45. The number of rotatable bonds is 6. The average molecular weight is 429 g/mol. The van der Waals surface area contributed by atoms with Crippen molar-refractivity contribution in [3.8, 4) is 5.75 Å². The van der Waals surface area contributed by atoms with Gasteiger partial charge < -0.3 is 15.4 Å². The van der Waals surface area contributed by atoms with Gasteiger partial charge >= 0.3 is 0 Å². The van der Waals surface area contributed by atoms with E-state index in [1.54, 1.807) is 66.7 Å². The fourth-order valence-corrected chi connectivity index (χ4v) is 2.90. The van der Waals surface area contributed by atoms with Crippen molar-refractivity contribution in [2.75, 3.05) is 17.2 Å². The van der Waals surface area contributed by atoms with E-state index in [-0.39, 0.29) is 18.4 Å². The summed E-state index contributed by atoms with van der Waals surface area (Å²) in [6, 6.07) is 18.8. The highest BCUT2D eigenvalue weighted by molar-refractivity contribution is 6.34. The highest BCUT2D eigenvalue weighted by Gasteiger charge is 2.10. The number of amides is 2. The second-order valence-corrected chi connectivity index (χ2v) is 7.02. The number of para-hydroxylation sites is 1. The molecule has 2 N–H and O–H groups in total. The molecule has 0 aliphatic rings. The van der Waals surface area contributed by atoms with E-state index in [2.05, 4.69) is 10.6 Å². The lowest BCUT2D eigenvalue weighted by Gasteiger charge is -2.11. The van der Waals surface area contributed by atoms with Crippen LogP contribution in [-0.4, -0.2) is 18.4 Å². The summed E-state index contributed by atoms with van der Waals surface area (Å²) in [5.74, 6) is -0.132. The predicted molar refractivity (Wildman–Crippen MR) is 116 cm³/mol. The topological polar surface area (TPSA) is 67.4 Å². The Bertz CT molecular complexity index is 1040. The zero-order chi connectivity index (χ0) is 20.8. The summed E-state index contributed by atoms with van der Waals surface area (Å²) in [7, 11) is 0. The minimum atomic E-state index is -0.309.